The van der Waals surface area contributed by atoms with Crippen molar-refractivity contribution >= 4 is 33.3 Å². The van der Waals surface area contributed by atoms with Crippen molar-refractivity contribution in [2.24, 2.45) is 0 Å². The number of aromatic nitrogens is 3. The van der Waals surface area contributed by atoms with Crippen LogP contribution in [0.2, 0.25) is 0 Å². The van der Waals surface area contributed by atoms with Crippen molar-refractivity contribution in [2.45, 2.75) is 18.8 Å². The molecule has 3 heterocycles. The molecule has 1 atom stereocenters. The Kier molecular flexibility index (Phi) is 5.31. The van der Waals surface area contributed by atoms with E-state index in [4.69, 9.17) is 9.72 Å². The third-order valence-electron chi connectivity index (χ3n) is 6.07. The Balaban J connectivity index is 1.22. The van der Waals surface area contributed by atoms with Crippen molar-refractivity contribution in [3.63, 3.8) is 0 Å². The number of thiazole rings is 1. The van der Waals surface area contributed by atoms with Crippen LogP contribution in [-0.2, 0) is 11.2 Å². The molecule has 1 aliphatic rings. The van der Waals surface area contributed by atoms with Gasteiger partial charge in [-0.25, -0.2) is 4.98 Å². The van der Waals surface area contributed by atoms with Gasteiger partial charge < -0.3 is 10.1 Å². The molecule has 34 heavy (non-hydrogen) atoms. The molecule has 0 radical (unpaired) electrons. The predicted molar refractivity (Wildman–Crippen MR) is 134 cm³/mol. The Morgan fingerprint density at radius 3 is 2.62 bits per heavy atom. The van der Waals surface area contributed by atoms with Gasteiger partial charge in [-0.05, 0) is 35.4 Å². The van der Waals surface area contributed by atoms with Gasteiger partial charge in [-0.1, -0.05) is 65.9 Å². The number of hydrogen-bond acceptors (Lipinski definition) is 5. The summed E-state index contributed by atoms with van der Waals surface area (Å²) in [5.41, 5.74) is 4.24. The SMILES string of the molecule is O=C1CC(c2ccc(OCCc3ccccc3)cc2)c2cnn(-c3nc4ccccc4s3)c2N1. The van der Waals surface area contributed by atoms with E-state index in [1.165, 1.54) is 5.56 Å². The van der Waals surface area contributed by atoms with Crippen LogP contribution >= 0.6 is 11.3 Å². The number of anilines is 1. The number of hydrogen-bond donors (Lipinski definition) is 1. The van der Waals surface area contributed by atoms with Crippen LogP contribution in [-0.4, -0.2) is 27.3 Å². The van der Waals surface area contributed by atoms with Crippen LogP contribution in [0.4, 0.5) is 5.82 Å². The normalized spacial score (nSPS) is 15.2. The van der Waals surface area contributed by atoms with Crippen LogP contribution in [0.1, 0.15) is 29.0 Å². The molecule has 1 amide bonds. The second-order valence-corrected chi connectivity index (χ2v) is 9.29. The van der Waals surface area contributed by atoms with E-state index in [1.54, 1.807) is 16.0 Å². The van der Waals surface area contributed by atoms with Crippen molar-refractivity contribution < 1.29 is 9.53 Å². The molecule has 0 saturated carbocycles. The molecule has 6 rings (SSSR count). The Morgan fingerprint density at radius 1 is 1.00 bits per heavy atom. The highest BCUT2D eigenvalue weighted by atomic mass is 32.1. The van der Waals surface area contributed by atoms with Crippen molar-refractivity contribution in [1.29, 1.82) is 0 Å². The van der Waals surface area contributed by atoms with Gasteiger partial charge in [-0.15, -0.1) is 0 Å². The van der Waals surface area contributed by atoms with Crippen LogP contribution < -0.4 is 10.1 Å². The molecule has 3 aromatic carbocycles. The lowest BCUT2D eigenvalue weighted by Crippen LogP contribution is -2.24. The number of carbonyl (C=O) groups excluding carboxylic acids is 1. The number of nitrogens with zero attached hydrogens (tertiary/aromatic N) is 3. The molecule has 1 unspecified atom stereocenters. The number of fused-ring (bicyclic) bond motifs is 2. The van der Waals surface area contributed by atoms with Crippen molar-refractivity contribution in [3.8, 4) is 10.9 Å². The highest BCUT2D eigenvalue weighted by Crippen LogP contribution is 2.39. The Morgan fingerprint density at radius 2 is 1.79 bits per heavy atom. The molecule has 1 aliphatic heterocycles. The molecule has 0 bridgehead atoms. The van der Waals surface area contributed by atoms with Crippen molar-refractivity contribution in [2.75, 3.05) is 11.9 Å². The van der Waals surface area contributed by atoms with Crippen LogP contribution in [0.5, 0.6) is 5.75 Å². The molecular formula is C27H22N4O2S. The van der Waals surface area contributed by atoms with Gasteiger partial charge in [0, 0.05) is 24.3 Å². The minimum Gasteiger partial charge on any atom is -0.493 e. The van der Waals surface area contributed by atoms with E-state index in [1.807, 2.05) is 72.9 Å². The Bertz CT molecular complexity index is 1420. The summed E-state index contributed by atoms with van der Waals surface area (Å²) >= 11 is 1.56. The van der Waals surface area contributed by atoms with E-state index in [2.05, 4.69) is 22.5 Å². The van der Waals surface area contributed by atoms with Gasteiger partial charge in [-0.3, -0.25) is 4.79 Å². The number of para-hydroxylation sites is 1. The molecule has 0 spiro atoms. The lowest BCUT2D eigenvalue weighted by Gasteiger charge is -2.23. The average molecular weight is 467 g/mol. The smallest absolute Gasteiger partial charge is 0.226 e. The second-order valence-electron chi connectivity index (χ2n) is 8.28. The third-order valence-corrected chi connectivity index (χ3v) is 7.08. The lowest BCUT2D eigenvalue weighted by molar-refractivity contribution is -0.116. The average Bonchev–Trinajstić information content (AvgIpc) is 3.48. The zero-order chi connectivity index (χ0) is 22.9. The van der Waals surface area contributed by atoms with E-state index in [-0.39, 0.29) is 11.8 Å². The first kappa shape index (κ1) is 20.6. The van der Waals surface area contributed by atoms with E-state index >= 15 is 0 Å². The van der Waals surface area contributed by atoms with Crippen LogP contribution in [0, 0.1) is 0 Å². The molecular weight excluding hydrogens is 444 g/mol. The van der Waals surface area contributed by atoms with Gasteiger partial charge in [0.1, 0.15) is 11.6 Å². The summed E-state index contributed by atoms with van der Waals surface area (Å²) in [5, 5.41) is 8.34. The van der Waals surface area contributed by atoms with Crippen LogP contribution in [0.25, 0.3) is 15.3 Å². The number of nitrogens with one attached hydrogen (secondary N) is 1. The summed E-state index contributed by atoms with van der Waals surface area (Å²) < 4.78 is 8.76. The first-order chi connectivity index (χ1) is 16.7. The van der Waals surface area contributed by atoms with E-state index in [0.29, 0.717) is 18.8 Å². The van der Waals surface area contributed by atoms with Crippen molar-refractivity contribution in [1.82, 2.24) is 14.8 Å². The number of rotatable bonds is 6. The molecule has 7 heteroatoms. The van der Waals surface area contributed by atoms with Gasteiger partial charge in [-0.2, -0.15) is 9.78 Å². The quantitative estimate of drug-likeness (QED) is 0.355. The molecule has 2 aromatic heterocycles. The minimum absolute atomic E-state index is 0.0245. The molecule has 0 saturated heterocycles. The standard InChI is InChI=1S/C27H22N4O2S/c32-25-16-21(19-10-12-20(13-11-19)33-15-14-18-6-2-1-3-7-18)22-17-28-31(26(22)30-25)27-29-23-8-4-5-9-24(23)34-27/h1-13,17,21H,14-16H2,(H,30,32). The maximum absolute atomic E-state index is 12.6. The lowest BCUT2D eigenvalue weighted by atomic mass is 9.87. The first-order valence-electron chi connectivity index (χ1n) is 11.2. The zero-order valence-corrected chi connectivity index (χ0v) is 19.2. The molecule has 6 nitrogen and oxygen atoms in total. The summed E-state index contributed by atoms with van der Waals surface area (Å²) in [6.45, 7) is 0.619. The minimum atomic E-state index is -0.0646. The highest BCUT2D eigenvalue weighted by Gasteiger charge is 2.31. The number of benzene rings is 3. The number of ether oxygens (including phenoxy) is 1. The predicted octanol–water partition coefficient (Wildman–Crippen LogP) is 5.58. The fourth-order valence-electron chi connectivity index (χ4n) is 4.34. The van der Waals surface area contributed by atoms with Crippen molar-refractivity contribution in [3.05, 3.63) is 102 Å². The maximum Gasteiger partial charge on any atom is 0.226 e. The van der Waals surface area contributed by atoms with Crippen LogP contribution in [0.3, 0.4) is 0 Å². The largest absolute Gasteiger partial charge is 0.493 e. The fraction of sp³-hybridized carbons (Fsp3) is 0.148. The fourth-order valence-corrected chi connectivity index (χ4v) is 5.27. The highest BCUT2D eigenvalue weighted by molar-refractivity contribution is 7.20. The van der Waals surface area contributed by atoms with Crippen LogP contribution in [0.15, 0.2) is 85.1 Å². The van der Waals surface area contributed by atoms with Gasteiger partial charge in [0.15, 0.2) is 0 Å². The van der Waals surface area contributed by atoms with E-state index in [9.17, 15) is 4.79 Å². The molecule has 0 fully saturated rings. The zero-order valence-electron chi connectivity index (χ0n) is 18.3. The van der Waals surface area contributed by atoms with E-state index in [0.717, 1.165) is 38.6 Å². The maximum atomic E-state index is 12.6. The van der Waals surface area contributed by atoms with Gasteiger partial charge >= 0.3 is 0 Å². The topological polar surface area (TPSA) is 69.0 Å². The molecule has 1 N–H and O–H groups in total. The third kappa shape index (κ3) is 3.95. The second kappa shape index (κ2) is 8.76. The number of amides is 1. The monoisotopic (exact) mass is 466 g/mol. The number of carbonyl (C=O) groups is 1. The summed E-state index contributed by atoms with van der Waals surface area (Å²) in [6, 6.07) is 26.3. The molecule has 0 aliphatic carbocycles. The summed E-state index contributed by atoms with van der Waals surface area (Å²) in [7, 11) is 0. The summed E-state index contributed by atoms with van der Waals surface area (Å²) in [6.07, 6.45) is 3.09. The first-order valence-corrected chi connectivity index (χ1v) is 12.1. The summed E-state index contributed by atoms with van der Waals surface area (Å²) in [5.74, 6) is 1.43. The molecule has 5 aromatic rings. The van der Waals surface area contributed by atoms with E-state index < -0.39 is 0 Å². The Labute approximate surface area is 200 Å². The van der Waals surface area contributed by atoms with Gasteiger partial charge in [0.2, 0.25) is 11.0 Å². The Hall–Kier alpha value is -3.97. The molecule has 168 valence electrons. The van der Waals surface area contributed by atoms with Gasteiger partial charge in [0.25, 0.3) is 0 Å². The summed E-state index contributed by atoms with van der Waals surface area (Å²) in [4.78, 5) is 17.3. The van der Waals surface area contributed by atoms with Gasteiger partial charge in [0.05, 0.1) is 23.0 Å².